The van der Waals surface area contributed by atoms with E-state index in [0.29, 0.717) is 11.9 Å². The van der Waals surface area contributed by atoms with Crippen LogP contribution in [-0.2, 0) is 11.3 Å². The van der Waals surface area contributed by atoms with Gasteiger partial charge < -0.3 is 9.84 Å². The summed E-state index contributed by atoms with van der Waals surface area (Å²) < 4.78 is 5.66. The minimum atomic E-state index is -0.218. The first-order valence-corrected chi connectivity index (χ1v) is 7.63. The van der Waals surface area contributed by atoms with Crippen LogP contribution < -0.4 is 0 Å². The molecule has 0 heterocycles. The van der Waals surface area contributed by atoms with Gasteiger partial charge in [0.15, 0.2) is 0 Å². The summed E-state index contributed by atoms with van der Waals surface area (Å²) in [5.74, 6) is 0. The topological polar surface area (TPSA) is 29.5 Å². The zero-order chi connectivity index (χ0) is 13.4. The number of aryl methyl sites for hydroxylation is 2. The van der Waals surface area contributed by atoms with Crippen molar-refractivity contribution in [3.05, 3.63) is 34.9 Å². The third-order valence-electron chi connectivity index (χ3n) is 3.01. The van der Waals surface area contributed by atoms with Crippen molar-refractivity contribution in [1.29, 1.82) is 0 Å². The van der Waals surface area contributed by atoms with Crippen molar-refractivity contribution >= 4 is 15.9 Å². The summed E-state index contributed by atoms with van der Waals surface area (Å²) in [6.07, 6.45) is 2.65. The smallest absolute Gasteiger partial charge is 0.0719 e. The lowest BCUT2D eigenvalue weighted by Crippen LogP contribution is -2.07. The summed E-state index contributed by atoms with van der Waals surface area (Å²) >= 11 is 3.26. The molecule has 102 valence electrons. The average Bonchev–Trinajstić information content (AvgIpc) is 2.35. The standard InChI is InChI=1S/C15H23BrO2/c1-12-6-7-14(13(2)9-12)11-18-8-4-3-5-15(17)10-16/h6-7,9,15,17H,3-5,8,10-11H2,1-2H3. The molecule has 2 nitrogen and oxygen atoms in total. The lowest BCUT2D eigenvalue weighted by molar-refractivity contribution is 0.111. The van der Waals surface area contributed by atoms with E-state index < -0.39 is 0 Å². The predicted octanol–water partition coefficient (Wildman–Crippen LogP) is 3.75. The van der Waals surface area contributed by atoms with Crippen LogP contribution in [0.25, 0.3) is 0 Å². The van der Waals surface area contributed by atoms with E-state index >= 15 is 0 Å². The molecule has 0 fully saturated rings. The average molecular weight is 315 g/mol. The highest BCUT2D eigenvalue weighted by Gasteiger charge is 2.01. The van der Waals surface area contributed by atoms with Crippen molar-refractivity contribution < 1.29 is 9.84 Å². The molecule has 3 heteroatoms. The maximum absolute atomic E-state index is 9.37. The Kier molecular flexibility index (Phi) is 7.56. The highest BCUT2D eigenvalue weighted by atomic mass is 79.9. The Labute approximate surface area is 118 Å². The fourth-order valence-corrected chi connectivity index (χ4v) is 2.17. The van der Waals surface area contributed by atoms with Gasteiger partial charge in [-0.25, -0.2) is 0 Å². The van der Waals surface area contributed by atoms with Crippen LogP contribution in [0.1, 0.15) is 36.0 Å². The number of rotatable bonds is 8. The molecular formula is C15H23BrO2. The Hall–Kier alpha value is -0.380. The second kappa shape index (κ2) is 8.68. The van der Waals surface area contributed by atoms with Crippen LogP contribution in [0.3, 0.4) is 0 Å². The molecule has 0 aliphatic carbocycles. The Morgan fingerprint density at radius 1 is 1.28 bits per heavy atom. The second-order valence-electron chi connectivity index (χ2n) is 4.79. The van der Waals surface area contributed by atoms with E-state index in [2.05, 4.69) is 48.0 Å². The van der Waals surface area contributed by atoms with Crippen LogP contribution in [0.4, 0.5) is 0 Å². The number of ether oxygens (including phenoxy) is 1. The van der Waals surface area contributed by atoms with Crippen molar-refractivity contribution in [2.75, 3.05) is 11.9 Å². The van der Waals surface area contributed by atoms with Gasteiger partial charge in [0, 0.05) is 11.9 Å². The lowest BCUT2D eigenvalue weighted by atomic mass is 10.1. The molecular weight excluding hydrogens is 292 g/mol. The largest absolute Gasteiger partial charge is 0.392 e. The van der Waals surface area contributed by atoms with Crippen molar-refractivity contribution in [2.45, 2.75) is 45.8 Å². The van der Waals surface area contributed by atoms with Gasteiger partial charge in [-0.15, -0.1) is 0 Å². The number of halogens is 1. The highest BCUT2D eigenvalue weighted by molar-refractivity contribution is 9.09. The summed E-state index contributed by atoms with van der Waals surface area (Å²) in [6.45, 7) is 5.68. The first-order chi connectivity index (χ1) is 8.63. The quantitative estimate of drug-likeness (QED) is 0.585. The van der Waals surface area contributed by atoms with Gasteiger partial charge in [-0.05, 0) is 44.2 Å². The van der Waals surface area contributed by atoms with E-state index in [1.807, 2.05) is 0 Å². The molecule has 0 spiro atoms. The molecule has 18 heavy (non-hydrogen) atoms. The van der Waals surface area contributed by atoms with Crippen molar-refractivity contribution in [2.24, 2.45) is 0 Å². The van der Waals surface area contributed by atoms with Crippen molar-refractivity contribution in [3.63, 3.8) is 0 Å². The number of unbranched alkanes of at least 4 members (excludes halogenated alkanes) is 1. The van der Waals surface area contributed by atoms with Gasteiger partial charge in [0.05, 0.1) is 12.7 Å². The summed E-state index contributed by atoms with van der Waals surface area (Å²) in [5.41, 5.74) is 3.85. The Balaban J connectivity index is 2.14. The van der Waals surface area contributed by atoms with Crippen LogP contribution >= 0.6 is 15.9 Å². The van der Waals surface area contributed by atoms with E-state index in [1.165, 1.54) is 16.7 Å². The van der Waals surface area contributed by atoms with Crippen LogP contribution in [0.5, 0.6) is 0 Å². The first kappa shape index (κ1) is 15.7. The number of aliphatic hydroxyl groups is 1. The molecule has 1 aromatic carbocycles. The van der Waals surface area contributed by atoms with Crippen LogP contribution in [-0.4, -0.2) is 23.1 Å². The van der Waals surface area contributed by atoms with E-state index in [1.54, 1.807) is 0 Å². The van der Waals surface area contributed by atoms with Gasteiger partial charge >= 0.3 is 0 Å². The maximum Gasteiger partial charge on any atom is 0.0719 e. The minimum absolute atomic E-state index is 0.218. The van der Waals surface area contributed by atoms with Gasteiger partial charge in [-0.2, -0.15) is 0 Å². The normalized spacial score (nSPS) is 12.7. The molecule has 1 aromatic rings. The van der Waals surface area contributed by atoms with Crippen molar-refractivity contribution in [1.82, 2.24) is 0 Å². The van der Waals surface area contributed by atoms with E-state index in [4.69, 9.17) is 4.74 Å². The number of alkyl halides is 1. The lowest BCUT2D eigenvalue weighted by Gasteiger charge is -2.09. The van der Waals surface area contributed by atoms with E-state index in [9.17, 15) is 5.11 Å². The molecule has 0 aliphatic rings. The van der Waals surface area contributed by atoms with Crippen molar-refractivity contribution in [3.8, 4) is 0 Å². The van der Waals surface area contributed by atoms with Crippen LogP contribution in [0.2, 0.25) is 0 Å². The Morgan fingerprint density at radius 2 is 2.06 bits per heavy atom. The van der Waals surface area contributed by atoms with E-state index in [-0.39, 0.29) is 6.10 Å². The molecule has 1 unspecified atom stereocenters. The highest BCUT2D eigenvalue weighted by Crippen LogP contribution is 2.12. The molecule has 0 saturated heterocycles. The second-order valence-corrected chi connectivity index (χ2v) is 5.43. The number of hydrogen-bond acceptors (Lipinski definition) is 2. The number of benzene rings is 1. The molecule has 0 aliphatic heterocycles. The number of hydrogen-bond donors (Lipinski definition) is 1. The molecule has 1 N–H and O–H groups in total. The summed E-state index contributed by atoms with van der Waals surface area (Å²) in [4.78, 5) is 0. The van der Waals surface area contributed by atoms with Gasteiger partial charge in [-0.3, -0.25) is 0 Å². The molecule has 0 radical (unpaired) electrons. The number of aliphatic hydroxyl groups excluding tert-OH is 1. The predicted molar refractivity (Wildman–Crippen MR) is 79.2 cm³/mol. The van der Waals surface area contributed by atoms with Gasteiger partial charge in [0.2, 0.25) is 0 Å². The zero-order valence-electron chi connectivity index (χ0n) is 11.3. The summed E-state index contributed by atoms with van der Waals surface area (Å²) in [7, 11) is 0. The minimum Gasteiger partial charge on any atom is -0.392 e. The third-order valence-corrected chi connectivity index (χ3v) is 3.76. The molecule has 1 rings (SSSR count). The first-order valence-electron chi connectivity index (χ1n) is 6.51. The molecule has 1 atom stereocenters. The zero-order valence-corrected chi connectivity index (χ0v) is 12.9. The fourth-order valence-electron chi connectivity index (χ4n) is 1.85. The SMILES string of the molecule is Cc1ccc(COCCCCC(O)CBr)c(C)c1. The van der Waals surface area contributed by atoms with Gasteiger partial charge in [-0.1, -0.05) is 39.7 Å². The Morgan fingerprint density at radius 3 is 2.72 bits per heavy atom. The monoisotopic (exact) mass is 314 g/mol. The van der Waals surface area contributed by atoms with Crippen LogP contribution in [0, 0.1) is 13.8 Å². The summed E-state index contributed by atoms with van der Waals surface area (Å²) in [6, 6.07) is 6.45. The van der Waals surface area contributed by atoms with E-state index in [0.717, 1.165) is 25.9 Å². The maximum atomic E-state index is 9.37. The Bertz CT molecular complexity index is 352. The molecule has 0 aromatic heterocycles. The van der Waals surface area contributed by atoms with Gasteiger partial charge in [0.25, 0.3) is 0 Å². The molecule has 0 bridgehead atoms. The van der Waals surface area contributed by atoms with Gasteiger partial charge in [0.1, 0.15) is 0 Å². The fraction of sp³-hybridized carbons (Fsp3) is 0.600. The molecule has 0 saturated carbocycles. The molecule has 0 amide bonds. The van der Waals surface area contributed by atoms with Crippen LogP contribution in [0.15, 0.2) is 18.2 Å². The summed E-state index contributed by atoms with van der Waals surface area (Å²) in [5, 5.41) is 10.0. The third kappa shape index (κ3) is 5.98.